The molecule has 32 heavy (non-hydrogen) atoms. The summed E-state index contributed by atoms with van der Waals surface area (Å²) >= 11 is 0. The summed E-state index contributed by atoms with van der Waals surface area (Å²) in [4.78, 5) is 0. The number of sulfonamides is 1. The van der Waals surface area contributed by atoms with Crippen LogP contribution in [0, 0.1) is 5.41 Å². The summed E-state index contributed by atoms with van der Waals surface area (Å²) in [5, 5.41) is 5.40. The van der Waals surface area contributed by atoms with Gasteiger partial charge in [0.1, 0.15) is 0 Å². The number of halogens is 3. The van der Waals surface area contributed by atoms with E-state index in [2.05, 4.69) is 9.82 Å². The molecule has 0 aliphatic carbocycles. The minimum Gasteiger partial charge on any atom is -0.262 e. The molecule has 1 N–H and O–H groups in total. The normalized spacial score (nSPS) is 14.2. The van der Waals surface area contributed by atoms with Gasteiger partial charge in [0.2, 0.25) is 10.0 Å². The van der Waals surface area contributed by atoms with Crippen molar-refractivity contribution in [2.75, 3.05) is 12.3 Å². The van der Waals surface area contributed by atoms with E-state index in [4.69, 9.17) is 0 Å². The SMILES string of the molecule is CC(C)n1ncc2cc([C@H](c3ccccc3)C(C)(C)CNS(=O)(=O)CC(F)(F)F)ccc21. The topological polar surface area (TPSA) is 64.0 Å². The van der Waals surface area contributed by atoms with Crippen molar-refractivity contribution >= 4 is 20.9 Å². The van der Waals surface area contributed by atoms with Gasteiger partial charge in [0.25, 0.3) is 0 Å². The monoisotopic (exact) mass is 467 g/mol. The third-order valence-electron chi connectivity index (χ3n) is 5.46. The van der Waals surface area contributed by atoms with Gasteiger partial charge >= 0.3 is 6.18 Å². The second kappa shape index (κ2) is 8.86. The van der Waals surface area contributed by atoms with Crippen LogP contribution in [0.5, 0.6) is 0 Å². The molecule has 3 rings (SSSR count). The third-order valence-corrected chi connectivity index (χ3v) is 6.75. The molecule has 0 saturated heterocycles. The Morgan fingerprint density at radius 3 is 2.28 bits per heavy atom. The molecule has 1 atom stereocenters. The Balaban J connectivity index is 1.99. The Bertz CT molecular complexity index is 1170. The van der Waals surface area contributed by atoms with E-state index in [1.54, 1.807) is 6.20 Å². The van der Waals surface area contributed by atoms with Crippen LogP contribution in [-0.2, 0) is 10.0 Å². The molecule has 5 nitrogen and oxygen atoms in total. The van der Waals surface area contributed by atoms with Crippen molar-refractivity contribution in [3.63, 3.8) is 0 Å². The molecule has 0 saturated carbocycles. The number of fused-ring (bicyclic) bond motifs is 1. The van der Waals surface area contributed by atoms with Gasteiger partial charge < -0.3 is 0 Å². The van der Waals surface area contributed by atoms with Gasteiger partial charge in [-0.05, 0) is 42.5 Å². The van der Waals surface area contributed by atoms with E-state index < -0.39 is 27.4 Å². The van der Waals surface area contributed by atoms with Crippen molar-refractivity contribution < 1.29 is 21.6 Å². The van der Waals surface area contributed by atoms with E-state index in [0.29, 0.717) is 0 Å². The summed E-state index contributed by atoms with van der Waals surface area (Å²) in [5.41, 5.74) is 2.15. The van der Waals surface area contributed by atoms with Crippen LogP contribution in [0.15, 0.2) is 54.7 Å². The lowest BCUT2D eigenvalue weighted by molar-refractivity contribution is -0.106. The standard InChI is InChI=1S/C23H28F3N3O2S/c1-16(2)29-20-11-10-18(12-19(20)13-27-29)21(17-8-6-5-7-9-17)22(3,4)14-28-32(30,31)15-23(24,25)26/h5-13,16,21,28H,14-15H2,1-4H3/t21-/m0/s1. The van der Waals surface area contributed by atoms with Gasteiger partial charge in [-0.25, -0.2) is 13.1 Å². The number of aromatic nitrogens is 2. The van der Waals surface area contributed by atoms with Gasteiger partial charge in [-0.1, -0.05) is 50.2 Å². The number of benzene rings is 2. The Kier molecular flexibility index (Phi) is 6.72. The smallest absolute Gasteiger partial charge is 0.262 e. The number of nitrogens with zero attached hydrogens (tertiary/aromatic N) is 2. The molecule has 0 amide bonds. The Labute approximate surface area is 186 Å². The summed E-state index contributed by atoms with van der Waals surface area (Å²) in [6, 6.07) is 15.7. The second-order valence-corrected chi connectivity index (χ2v) is 10.8. The molecule has 2 aromatic carbocycles. The zero-order chi connectivity index (χ0) is 23.7. The lowest BCUT2D eigenvalue weighted by Gasteiger charge is -2.35. The predicted molar refractivity (Wildman–Crippen MR) is 120 cm³/mol. The highest BCUT2D eigenvalue weighted by Crippen LogP contribution is 2.41. The minimum absolute atomic E-state index is 0.145. The van der Waals surface area contributed by atoms with E-state index in [9.17, 15) is 21.6 Å². The van der Waals surface area contributed by atoms with Crippen LogP contribution >= 0.6 is 0 Å². The molecular formula is C23H28F3N3O2S. The third kappa shape index (κ3) is 5.69. The van der Waals surface area contributed by atoms with Crippen molar-refractivity contribution in [1.29, 1.82) is 0 Å². The fourth-order valence-corrected chi connectivity index (χ4v) is 5.19. The van der Waals surface area contributed by atoms with Crippen LogP contribution in [0.25, 0.3) is 10.9 Å². The predicted octanol–water partition coefficient (Wildman–Crippen LogP) is 5.26. The van der Waals surface area contributed by atoms with Gasteiger partial charge in [0, 0.05) is 23.9 Å². The largest absolute Gasteiger partial charge is 0.404 e. The van der Waals surface area contributed by atoms with Crippen LogP contribution < -0.4 is 4.72 Å². The Morgan fingerprint density at radius 2 is 1.69 bits per heavy atom. The lowest BCUT2D eigenvalue weighted by Crippen LogP contribution is -2.41. The summed E-state index contributed by atoms with van der Waals surface area (Å²) in [6.07, 6.45) is -3.00. The maximum atomic E-state index is 12.6. The molecule has 0 aliphatic heterocycles. The van der Waals surface area contributed by atoms with Gasteiger partial charge in [0.15, 0.2) is 5.75 Å². The summed E-state index contributed by atoms with van der Waals surface area (Å²) in [5.74, 6) is -2.16. The van der Waals surface area contributed by atoms with E-state index in [1.165, 1.54) is 0 Å². The van der Waals surface area contributed by atoms with Gasteiger partial charge in [-0.2, -0.15) is 18.3 Å². The van der Waals surface area contributed by atoms with Gasteiger partial charge in [-0.15, -0.1) is 0 Å². The molecule has 0 bridgehead atoms. The van der Waals surface area contributed by atoms with E-state index in [0.717, 1.165) is 22.0 Å². The average Bonchev–Trinajstić information content (AvgIpc) is 3.09. The molecule has 0 aliphatic rings. The molecule has 9 heteroatoms. The zero-order valence-electron chi connectivity index (χ0n) is 18.5. The highest BCUT2D eigenvalue weighted by Gasteiger charge is 2.38. The maximum absolute atomic E-state index is 12.6. The molecule has 3 aromatic rings. The lowest BCUT2D eigenvalue weighted by atomic mass is 9.71. The molecule has 0 spiro atoms. The molecule has 0 radical (unpaired) electrons. The first-order valence-corrected chi connectivity index (χ1v) is 12.0. The van der Waals surface area contributed by atoms with Crippen LogP contribution in [0.2, 0.25) is 0 Å². The fraction of sp³-hybridized carbons (Fsp3) is 0.435. The van der Waals surface area contributed by atoms with Crippen molar-refractivity contribution in [2.24, 2.45) is 5.41 Å². The highest BCUT2D eigenvalue weighted by molar-refractivity contribution is 7.89. The molecule has 0 unspecified atom stereocenters. The maximum Gasteiger partial charge on any atom is 0.404 e. The molecule has 0 fully saturated rings. The number of rotatable bonds is 8. The van der Waals surface area contributed by atoms with Crippen molar-refractivity contribution in [3.8, 4) is 0 Å². The minimum atomic E-state index is -4.80. The van der Waals surface area contributed by atoms with Crippen LogP contribution in [0.4, 0.5) is 13.2 Å². The number of nitrogens with one attached hydrogen (secondary N) is 1. The number of hydrogen-bond acceptors (Lipinski definition) is 3. The number of alkyl halides is 3. The van der Waals surface area contributed by atoms with Crippen molar-refractivity contribution in [3.05, 3.63) is 65.9 Å². The first-order valence-electron chi connectivity index (χ1n) is 10.4. The quantitative estimate of drug-likeness (QED) is 0.492. The summed E-state index contributed by atoms with van der Waals surface area (Å²) in [7, 11) is -4.50. The van der Waals surface area contributed by atoms with E-state index in [-0.39, 0.29) is 18.5 Å². The zero-order valence-corrected chi connectivity index (χ0v) is 19.3. The van der Waals surface area contributed by atoms with Crippen LogP contribution in [-0.4, -0.2) is 36.7 Å². The van der Waals surface area contributed by atoms with Crippen molar-refractivity contribution in [2.45, 2.75) is 45.8 Å². The highest BCUT2D eigenvalue weighted by atomic mass is 32.2. The van der Waals surface area contributed by atoms with Crippen molar-refractivity contribution in [1.82, 2.24) is 14.5 Å². The fourth-order valence-electron chi connectivity index (χ4n) is 4.07. The van der Waals surface area contributed by atoms with E-state index >= 15 is 0 Å². The molecule has 174 valence electrons. The second-order valence-electron chi connectivity index (χ2n) is 9.03. The Hall–Kier alpha value is -2.39. The van der Waals surface area contributed by atoms with Gasteiger partial charge in [-0.3, -0.25) is 4.68 Å². The molecule has 1 heterocycles. The first kappa shape index (κ1) is 24.3. The Morgan fingerprint density at radius 1 is 1.03 bits per heavy atom. The average molecular weight is 468 g/mol. The molecule has 1 aromatic heterocycles. The van der Waals surface area contributed by atoms with Crippen LogP contribution in [0.3, 0.4) is 0 Å². The van der Waals surface area contributed by atoms with E-state index in [1.807, 2.05) is 80.9 Å². The summed E-state index contributed by atoms with van der Waals surface area (Å²) in [6.45, 7) is 7.64. The first-order chi connectivity index (χ1) is 14.8. The molecular weight excluding hydrogens is 439 g/mol. The van der Waals surface area contributed by atoms with Gasteiger partial charge in [0.05, 0.1) is 11.7 Å². The van der Waals surface area contributed by atoms with Crippen LogP contribution in [0.1, 0.15) is 50.8 Å². The number of hydrogen-bond donors (Lipinski definition) is 1. The summed E-state index contributed by atoms with van der Waals surface area (Å²) < 4.78 is 66.0.